The van der Waals surface area contributed by atoms with Crippen LogP contribution in [0.3, 0.4) is 0 Å². The molecule has 7 nitrogen and oxygen atoms in total. The van der Waals surface area contributed by atoms with Gasteiger partial charge in [-0.05, 0) is 66.0 Å². The summed E-state index contributed by atoms with van der Waals surface area (Å²) >= 11 is 0. The minimum absolute atomic E-state index is 0.115. The van der Waals surface area contributed by atoms with E-state index in [9.17, 15) is 4.79 Å². The molecule has 0 radical (unpaired) electrons. The number of nitrogens with zero attached hydrogens (tertiary/aromatic N) is 4. The van der Waals surface area contributed by atoms with Gasteiger partial charge in [-0.2, -0.15) is 4.98 Å². The van der Waals surface area contributed by atoms with Crippen LogP contribution in [0, 0.1) is 12.3 Å². The van der Waals surface area contributed by atoms with E-state index in [1.807, 2.05) is 44.9 Å². The zero-order valence-electron chi connectivity index (χ0n) is 20.4. The first-order valence-corrected chi connectivity index (χ1v) is 11.3. The molecule has 0 aromatic carbocycles. The molecule has 0 spiro atoms. The number of hydrogen-bond donors (Lipinski definition) is 0. The molecule has 0 bridgehead atoms. The molecular weight excluding hydrogens is 404 g/mol. The van der Waals surface area contributed by atoms with Crippen molar-refractivity contribution in [1.29, 1.82) is 0 Å². The third-order valence-corrected chi connectivity index (χ3v) is 7.03. The predicted octanol–water partition coefficient (Wildman–Crippen LogP) is 4.09. The van der Waals surface area contributed by atoms with E-state index in [0.29, 0.717) is 44.1 Å². The van der Waals surface area contributed by atoms with Crippen LogP contribution in [0.2, 0.25) is 0 Å². The summed E-state index contributed by atoms with van der Waals surface area (Å²) in [7, 11) is 1.59. The second-order valence-electron chi connectivity index (χ2n) is 9.49. The predicted molar refractivity (Wildman–Crippen MR) is 123 cm³/mol. The van der Waals surface area contributed by atoms with Crippen molar-refractivity contribution in [3.8, 4) is 5.88 Å². The molecule has 32 heavy (non-hydrogen) atoms. The molecule has 2 aromatic heterocycles. The molecule has 174 valence electrons. The molecule has 0 N–H and O–H groups in total. The Balaban J connectivity index is 1.93. The Bertz CT molecular complexity index is 942. The van der Waals surface area contributed by atoms with Crippen molar-refractivity contribution in [1.82, 2.24) is 19.9 Å². The Morgan fingerprint density at radius 1 is 1.16 bits per heavy atom. The van der Waals surface area contributed by atoms with Crippen molar-refractivity contribution >= 4 is 5.91 Å². The van der Waals surface area contributed by atoms with Crippen molar-refractivity contribution in [3.05, 3.63) is 47.7 Å². The highest BCUT2D eigenvalue weighted by molar-refractivity contribution is 5.87. The van der Waals surface area contributed by atoms with Crippen molar-refractivity contribution in [3.63, 3.8) is 0 Å². The van der Waals surface area contributed by atoms with E-state index in [4.69, 9.17) is 9.47 Å². The largest absolute Gasteiger partial charge is 0.481 e. The summed E-state index contributed by atoms with van der Waals surface area (Å²) in [4.78, 5) is 29.4. The quantitative estimate of drug-likeness (QED) is 0.584. The highest BCUT2D eigenvalue weighted by Gasteiger charge is 2.58. The maximum atomic E-state index is 14.1. The maximum Gasteiger partial charge on any atom is 0.232 e. The minimum atomic E-state index is -0.676. The molecule has 0 saturated carbocycles. The summed E-state index contributed by atoms with van der Waals surface area (Å²) in [5.41, 5.74) is 0.202. The Morgan fingerprint density at radius 2 is 1.91 bits per heavy atom. The highest BCUT2D eigenvalue weighted by Crippen LogP contribution is 2.50. The van der Waals surface area contributed by atoms with E-state index in [0.717, 1.165) is 11.3 Å². The summed E-state index contributed by atoms with van der Waals surface area (Å²) in [6, 6.07) is 5.78. The fourth-order valence-corrected chi connectivity index (χ4v) is 4.82. The first-order valence-electron chi connectivity index (χ1n) is 11.3. The smallest absolute Gasteiger partial charge is 0.232 e. The van der Waals surface area contributed by atoms with E-state index >= 15 is 0 Å². The van der Waals surface area contributed by atoms with Gasteiger partial charge in [-0.3, -0.25) is 9.78 Å². The van der Waals surface area contributed by atoms with Gasteiger partial charge in [0.1, 0.15) is 5.82 Å². The van der Waals surface area contributed by atoms with Gasteiger partial charge in [0, 0.05) is 43.7 Å². The Kier molecular flexibility index (Phi) is 6.89. The van der Waals surface area contributed by atoms with Crippen LogP contribution in [0.4, 0.5) is 0 Å². The number of hydrogen-bond acceptors (Lipinski definition) is 6. The molecule has 1 fully saturated rings. The number of ether oxygens (including phenoxy) is 2. The molecule has 1 saturated heterocycles. The average molecular weight is 441 g/mol. The van der Waals surface area contributed by atoms with Crippen LogP contribution in [0.1, 0.15) is 64.5 Å². The van der Waals surface area contributed by atoms with Gasteiger partial charge in [-0.15, -0.1) is 0 Å². The molecule has 1 aliphatic rings. The van der Waals surface area contributed by atoms with E-state index in [1.165, 1.54) is 0 Å². The lowest BCUT2D eigenvalue weighted by Crippen LogP contribution is -2.54. The van der Waals surface area contributed by atoms with Gasteiger partial charge < -0.3 is 14.4 Å². The summed E-state index contributed by atoms with van der Waals surface area (Å²) in [6.45, 7) is 13.4. The van der Waals surface area contributed by atoms with Crippen molar-refractivity contribution < 1.29 is 14.3 Å². The molecule has 1 aliphatic heterocycles. The van der Waals surface area contributed by atoms with Crippen LogP contribution in [0.5, 0.6) is 5.88 Å². The third kappa shape index (κ3) is 4.35. The molecule has 7 heteroatoms. The molecular formula is C25H36N4O3. The minimum Gasteiger partial charge on any atom is -0.481 e. The van der Waals surface area contributed by atoms with Gasteiger partial charge in [0.25, 0.3) is 0 Å². The molecule has 2 aromatic rings. The lowest BCUT2D eigenvalue weighted by molar-refractivity contribution is -0.161. The monoisotopic (exact) mass is 440 g/mol. The van der Waals surface area contributed by atoms with Gasteiger partial charge in [0.15, 0.2) is 0 Å². The number of likely N-dealkylation sites (tertiary alicyclic amines) is 1. The second-order valence-corrected chi connectivity index (χ2v) is 9.49. The Morgan fingerprint density at radius 3 is 2.53 bits per heavy atom. The fraction of sp³-hybridized carbons (Fsp3) is 0.600. The number of carbonyl (C=O) groups excluding carboxylic acids is 1. The zero-order valence-corrected chi connectivity index (χ0v) is 20.4. The van der Waals surface area contributed by atoms with Crippen molar-refractivity contribution in [2.24, 2.45) is 5.41 Å². The summed E-state index contributed by atoms with van der Waals surface area (Å²) in [6.07, 6.45) is 5.45. The van der Waals surface area contributed by atoms with E-state index in [2.05, 4.69) is 34.9 Å². The molecule has 1 atom stereocenters. The first kappa shape index (κ1) is 24.1. The standard InChI is InChI=1S/C25H36N4O3/c1-8-32-24(5,6)25(13-11-20-26-15-12-21(28-20)31-7)14-16-29(22(25)30)23(3,4)19-10-9-18(2)27-17-19/h9-10,12,15,17H,8,11,13-14,16H2,1-7H3/t25-/m0/s1. The number of pyridine rings is 1. The highest BCUT2D eigenvalue weighted by atomic mass is 16.5. The summed E-state index contributed by atoms with van der Waals surface area (Å²) in [5.74, 6) is 1.31. The van der Waals surface area contributed by atoms with Crippen molar-refractivity contribution in [2.45, 2.75) is 71.9 Å². The van der Waals surface area contributed by atoms with E-state index in [1.54, 1.807) is 19.4 Å². The molecule has 3 rings (SSSR count). The number of aromatic nitrogens is 3. The van der Waals surface area contributed by atoms with E-state index < -0.39 is 16.6 Å². The number of carbonyl (C=O) groups is 1. The number of amides is 1. The third-order valence-electron chi connectivity index (χ3n) is 7.03. The van der Waals surface area contributed by atoms with Crippen molar-refractivity contribution in [2.75, 3.05) is 20.3 Å². The number of rotatable bonds is 9. The molecule has 0 aliphatic carbocycles. The van der Waals surface area contributed by atoms with Gasteiger partial charge in [-0.25, -0.2) is 4.98 Å². The molecule has 1 amide bonds. The SMILES string of the molecule is CCOC(C)(C)[C@@]1(CCc2nccc(OC)n2)CCN(C(C)(C)c2ccc(C)nc2)C1=O. The van der Waals surface area contributed by atoms with E-state index in [-0.39, 0.29) is 5.91 Å². The normalized spacial score (nSPS) is 19.5. The zero-order chi connectivity index (χ0) is 23.6. The number of methoxy groups -OCH3 is 1. The Labute approximate surface area is 191 Å². The second kappa shape index (κ2) is 9.14. The molecule has 3 heterocycles. The van der Waals surface area contributed by atoms with Gasteiger partial charge in [0.2, 0.25) is 11.8 Å². The van der Waals surface area contributed by atoms with Crippen LogP contribution >= 0.6 is 0 Å². The fourth-order valence-electron chi connectivity index (χ4n) is 4.82. The average Bonchev–Trinajstić information content (AvgIpc) is 3.11. The maximum absolute atomic E-state index is 14.1. The first-order chi connectivity index (χ1) is 15.1. The van der Waals surface area contributed by atoms with Gasteiger partial charge >= 0.3 is 0 Å². The Hall–Kier alpha value is -2.54. The van der Waals surface area contributed by atoms with Crippen LogP contribution in [-0.4, -0.2) is 51.6 Å². The summed E-state index contributed by atoms with van der Waals surface area (Å²) < 4.78 is 11.4. The van der Waals surface area contributed by atoms with Gasteiger partial charge in [0.05, 0.1) is 23.7 Å². The van der Waals surface area contributed by atoms with Crippen LogP contribution in [0.25, 0.3) is 0 Å². The lowest BCUT2D eigenvalue weighted by Gasteiger charge is -2.44. The van der Waals surface area contributed by atoms with Crippen LogP contribution in [-0.2, 0) is 21.5 Å². The lowest BCUT2D eigenvalue weighted by atomic mass is 9.68. The molecule has 0 unspecified atom stereocenters. The number of aryl methyl sites for hydroxylation is 2. The topological polar surface area (TPSA) is 77.4 Å². The van der Waals surface area contributed by atoms with Gasteiger partial charge in [-0.1, -0.05) is 6.07 Å². The van der Waals surface area contributed by atoms with Crippen LogP contribution in [0.15, 0.2) is 30.6 Å². The summed E-state index contributed by atoms with van der Waals surface area (Å²) in [5, 5.41) is 0. The van der Waals surface area contributed by atoms with Crippen LogP contribution < -0.4 is 4.74 Å².